The molecular formula is C12H14O2. The van der Waals surface area contributed by atoms with Crippen LogP contribution in [0.5, 0.6) is 0 Å². The van der Waals surface area contributed by atoms with Crippen LogP contribution >= 0.6 is 0 Å². The number of rotatable bonds is 3. The minimum Gasteiger partial charge on any atom is -0.373 e. The average molecular weight is 190 g/mol. The molecule has 0 spiro atoms. The maximum Gasteiger partial charge on any atom is 0.0867 e. The van der Waals surface area contributed by atoms with E-state index in [4.69, 9.17) is 9.47 Å². The fourth-order valence-corrected chi connectivity index (χ4v) is 2.13. The van der Waals surface area contributed by atoms with E-state index >= 15 is 0 Å². The summed E-state index contributed by atoms with van der Waals surface area (Å²) < 4.78 is 11.2. The number of fused-ring (bicyclic) bond motifs is 1. The van der Waals surface area contributed by atoms with Crippen molar-refractivity contribution in [1.82, 2.24) is 0 Å². The molecule has 1 aromatic rings. The Hall–Kier alpha value is -0.860. The summed E-state index contributed by atoms with van der Waals surface area (Å²) in [7, 11) is 0. The molecule has 2 heteroatoms. The van der Waals surface area contributed by atoms with E-state index in [1.165, 1.54) is 5.56 Å². The van der Waals surface area contributed by atoms with Crippen molar-refractivity contribution in [2.75, 3.05) is 0 Å². The van der Waals surface area contributed by atoms with Gasteiger partial charge in [0.2, 0.25) is 0 Å². The third kappa shape index (κ3) is 1.68. The molecule has 0 radical (unpaired) electrons. The summed E-state index contributed by atoms with van der Waals surface area (Å²) >= 11 is 0. The van der Waals surface area contributed by atoms with Crippen LogP contribution in [0.1, 0.15) is 18.4 Å². The molecule has 3 rings (SSSR count). The van der Waals surface area contributed by atoms with Crippen LogP contribution < -0.4 is 0 Å². The minimum absolute atomic E-state index is 0.430. The predicted molar refractivity (Wildman–Crippen MR) is 52.9 cm³/mol. The molecule has 0 bridgehead atoms. The van der Waals surface area contributed by atoms with Crippen LogP contribution in [-0.4, -0.2) is 18.3 Å². The maximum absolute atomic E-state index is 5.81. The molecule has 1 saturated heterocycles. The highest BCUT2D eigenvalue weighted by molar-refractivity contribution is 5.13. The fraction of sp³-hybridized carbons (Fsp3) is 0.500. The van der Waals surface area contributed by atoms with Gasteiger partial charge in [-0.3, -0.25) is 0 Å². The van der Waals surface area contributed by atoms with E-state index in [0.717, 1.165) is 19.4 Å². The maximum atomic E-state index is 5.81. The van der Waals surface area contributed by atoms with Crippen molar-refractivity contribution in [2.24, 2.45) is 0 Å². The molecule has 3 atom stereocenters. The van der Waals surface area contributed by atoms with Gasteiger partial charge in [-0.15, -0.1) is 0 Å². The number of ether oxygens (including phenoxy) is 2. The van der Waals surface area contributed by atoms with Gasteiger partial charge in [-0.25, -0.2) is 0 Å². The largest absolute Gasteiger partial charge is 0.373 e. The summed E-state index contributed by atoms with van der Waals surface area (Å²) in [6.45, 7) is 0.741. The van der Waals surface area contributed by atoms with Crippen LogP contribution in [0.2, 0.25) is 0 Å². The lowest BCUT2D eigenvalue weighted by molar-refractivity contribution is 0.0221. The van der Waals surface area contributed by atoms with Crippen LogP contribution in [0.25, 0.3) is 0 Å². The first-order valence-electron chi connectivity index (χ1n) is 5.23. The smallest absolute Gasteiger partial charge is 0.0867 e. The summed E-state index contributed by atoms with van der Waals surface area (Å²) in [6, 6.07) is 10.3. The quantitative estimate of drug-likeness (QED) is 0.681. The van der Waals surface area contributed by atoms with Crippen LogP contribution in [0, 0.1) is 0 Å². The van der Waals surface area contributed by atoms with Crippen LogP contribution in [-0.2, 0) is 16.1 Å². The highest BCUT2D eigenvalue weighted by Gasteiger charge is 2.48. The number of epoxide rings is 1. The summed E-state index contributed by atoms with van der Waals surface area (Å²) in [5.41, 5.74) is 1.26. The van der Waals surface area contributed by atoms with Crippen molar-refractivity contribution in [3.8, 4) is 0 Å². The molecule has 74 valence electrons. The van der Waals surface area contributed by atoms with Gasteiger partial charge in [0.1, 0.15) is 0 Å². The van der Waals surface area contributed by atoms with Crippen molar-refractivity contribution in [3.05, 3.63) is 35.9 Å². The van der Waals surface area contributed by atoms with E-state index in [1.807, 2.05) is 18.2 Å². The molecule has 1 saturated carbocycles. The van der Waals surface area contributed by atoms with Gasteiger partial charge in [0, 0.05) is 12.8 Å². The van der Waals surface area contributed by atoms with E-state index < -0.39 is 0 Å². The zero-order valence-corrected chi connectivity index (χ0v) is 8.06. The van der Waals surface area contributed by atoms with E-state index in [1.54, 1.807) is 0 Å². The fourth-order valence-electron chi connectivity index (χ4n) is 2.13. The average Bonchev–Trinajstić information content (AvgIpc) is 2.85. The second kappa shape index (κ2) is 3.37. The van der Waals surface area contributed by atoms with E-state index in [2.05, 4.69) is 12.1 Å². The van der Waals surface area contributed by atoms with Gasteiger partial charge in [-0.1, -0.05) is 30.3 Å². The van der Waals surface area contributed by atoms with Gasteiger partial charge >= 0.3 is 0 Å². The van der Waals surface area contributed by atoms with Crippen molar-refractivity contribution in [3.63, 3.8) is 0 Å². The molecule has 2 fully saturated rings. The van der Waals surface area contributed by atoms with E-state index in [-0.39, 0.29) is 0 Å². The Morgan fingerprint density at radius 1 is 1.14 bits per heavy atom. The third-order valence-electron chi connectivity index (χ3n) is 3.01. The molecule has 0 aromatic heterocycles. The lowest BCUT2D eigenvalue weighted by atomic mass is 10.2. The number of hydrogen-bond acceptors (Lipinski definition) is 2. The molecule has 0 N–H and O–H groups in total. The Bertz CT molecular complexity index is 299. The Morgan fingerprint density at radius 3 is 2.57 bits per heavy atom. The topological polar surface area (TPSA) is 21.8 Å². The van der Waals surface area contributed by atoms with Gasteiger partial charge in [0.25, 0.3) is 0 Å². The van der Waals surface area contributed by atoms with Crippen molar-refractivity contribution in [1.29, 1.82) is 0 Å². The predicted octanol–water partition coefficient (Wildman–Crippen LogP) is 2.13. The van der Waals surface area contributed by atoms with E-state index in [9.17, 15) is 0 Å². The van der Waals surface area contributed by atoms with E-state index in [0.29, 0.717) is 18.3 Å². The summed E-state index contributed by atoms with van der Waals surface area (Å²) in [5, 5.41) is 0. The molecule has 1 aliphatic carbocycles. The second-order valence-electron chi connectivity index (χ2n) is 4.10. The normalized spacial score (nSPS) is 34.1. The molecule has 1 heterocycles. The van der Waals surface area contributed by atoms with Gasteiger partial charge in [0.05, 0.1) is 24.9 Å². The van der Waals surface area contributed by atoms with Gasteiger partial charge in [0.15, 0.2) is 0 Å². The van der Waals surface area contributed by atoms with Gasteiger partial charge in [-0.2, -0.15) is 0 Å². The molecule has 14 heavy (non-hydrogen) atoms. The van der Waals surface area contributed by atoms with Crippen LogP contribution in [0.4, 0.5) is 0 Å². The van der Waals surface area contributed by atoms with Gasteiger partial charge < -0.3 is 9.47 Å². The molecular weight excluding hydrogens is 176 g/mol. The zero-order valence-electron chi connectivity index (χ0n) is 8.06. The molecule has 1 unspecified atom stereocenters. The Kier molecular flexibility index (Phi) is 2.03. The standard InChI is InChI=1S/C12H14O2/c1-2-4-9(5-3-1)8-13-10-6-11-12(7-10)14-11/h1-5,10-12H,6-8H2/t10-,11+,12?/m1/s1. The first-order valence-corrected chi connectivity index (χ1v) is 5.23. The lowest BCUT2D eigenvalue weighted by Crippen LogP contribution is -2.11. The van der Waals surface area contributed by atoms with Gasteiger partial charge in [-0.05, 0) is 5.56 Å². The van der Waals surface area contributed by atoms with Crippen LogP contribution in [0.15, 0.2) is 30.3 Å². The Labute approximate surface area is 83.8 Å². The monoisotopic (exact) mass is 190 g/mol. The van der Waals surface area contributed by atoms with Crippen LogP contribution in [0.3, 0.4) is 0 Å². The van der Waals surface area contributed by atoms with Crippen molar-refractivity contribution >= 4 is 0 Å². The minimum atomic E-state index is 0.430. The number of benzene rings is 1. The first-order chi connectivity index (χ1) is 6.92. The third-order valence-corrected chi connectivity index (χ3v) is 3.01. The summed E-state index contributed by atoms with van der Waals surface area (Å²) in [5.74, 6) is 0. The lowest BCUT2D eigenvalue weighted by Gasteiger charge is -2.12. The molecule has 0 amide bonds. The number of hydrogen-bond donors (Lipinski definition) is 0. The van der Waals surface area contributed by atoms with Crippen molar-refractivity contribution in [2.45, 2.75) is 37.8 Å². The summed E-state index contributed by atoms with van der Waals surface area (Å²) in [6.07, 6.45) is 3.67. The van der Waals surface area contributed by atoms with Crippen molar-refractivity contribution < 1.29 is 9.47 Å². The zero-order chi connectivity index (χ0) is 9.38. The highest BCUT2D eigenvalue weighted by atomic mass is 16.6. The second-order valence-corrected chi connectivity index (χ2v) is 4.10. The molecule has 1 aromatic carbocycles. The molecule has 2 nitrogen and oxygen atoms in total. The highest BCUT2D eigenvalue weighted by Crippen LogP contribution is 2.39. The summed E-state index contributed by atoms with van der Waals surface area (Å²) in [4.78, 5) is 0. The Morgan fingerprint density at radius 2 is 1.86 bits per heavy atom. The Balaban J connectivity index is 1.50. The SMILES string of the molecule is c1ccc(CO[C@H]2CC3O[C@H]3C2)cc1. The first kappa shape index (κ1) is 8.45. The molecule has 1 aliphatic heterocycles. The molecule has 2 aliphatic rings.